The van der Waals surface area contributed by atoms with E-state index in [4.69, 9.17) is 0 Å². The van der Waals surface area contributed by atoms with Crippen LogP contribution in [0.25, 0.3) is 0 Å². The van der Waals surface area contributed by atoms with Gasteiger partial charge in [0.2, 0.25) is 0 Å². The van der Waals surface area contributed by atoms with Crippen LogP contribution in [0.3, 0.4) is 0 Å². The topological polar surface area (TPSA) is 58.1 Å². The maximum Gasteiger partial charge on any atom is 0.272 e. The Kier molecular flexibility index (Phi) is 5.36. The standard InChI is InChI=1S/C18H21FN4O/c19-15-8-4-3-7-14(15)12-20-17-11-16(21-13-22-17)18(24)23-9-5-1-2-6-10-23/h3-4,7-8,11,13H,1-2,5-6,9-10,12H2,(H,20,21,22). The number of aromatic nitrogens is 2. The second kappa shape index (κ2) is 7.86. The molecule has 6 heteroatoms. The molecule has 0 bridgehead atoms. The number of likely N-dealkylation sites (tertiary alicyclic amines) is 1. The molecule has 1 aromatic carbocycles. The third-order valence-electron chi connectivity index (χ3n) is 4.20. The molecule has 1 aliphatic rings. The normalized spacial score (nSPS) is 15.0. The summed E-state index contributed by atoms with van der Waals surface area (Å²) in [6.45, 7) is 1.86. The van der Waals surface area contributed by atoms with E-state index in [0.717, 1.165) is 25.9 Å². The maximum absolute atomic E-state index is 13.6. The van der Waals surface area contributed by atoms with Crippen molar-refractivity contribution in [1.82, 2.24) is 14.9 Å². The van der Waals surface area contributed by atoms with Gasteiger partial charge in [0.1, 0.15) is 23.7 Å². The lowest BCUT2D eigenvalue weighted by Gasteiger charge is -2.19. The Labute approximate surface area is 140 Å². The van der Waals surface area contributed by atoms with Crippen LogP contribution in [-0.2, 0) is 6.54 Å². The zero-order chi connectivity index (χ0) is 16.8. The summed E-state index contributed by atoms with van der Waals surface area (Å²) in [4.78, 5) is 22.7. The number of hydrogen-bond donors (Lipinski definition) is 1. The number of benzene rings is 1. The van der Waals surface area contributed by atoms with Gasteiger partial charge in [0, 0.05) is 31.3 Å². The summed E-state index contributed by atoms with van der Waals surface area (Å²) in [5, 5.41) is 3.05. The van der Waals surface area contributed by atoms with Crippen molar-refractivity contribution in [3.05, 3.63) is 53.7 Å². The number of nitrogens with one attached hydrogen (secondary N) is 1. The number of amides is 1. The fourth-order valence-corrected chi connectivity index (χ4v) is 2.83. The Balaban J connectivity index is 1.67. The molecule has 126 valence electrons. The number of anilines is 1. The summed E-state index contributed by atoms with van der Waals surface area (Å²) < 4.78 is 13.6. The van der Waals surface area contributed by atoms with Gasteiger partial charge in [-0.15, -0.1) is 0 Å². The number of rotatable bonds is 4. The van der Waals surface area contributed by atoms with Crippen molar-refractivity contribution in [2.24, 2.45) is 0 Å². The highest BCUT2D eigenvalue weighted by atomic mass is 19.1. The summed E-state index contributed by atoms with van der Waals surface area (Å²) in [6, 6.07) is 8.21. The summed E-state index contributed by atoms with van der Waals surface area (Å²) in [6.07, 6.45) is 5.78. The van der Waals surface area contributed by atoms with Crippen LogP contribution in [0.2, 0.25) is 0 Å². The van der Waals surface area contributed by atoms with E-state index >= 15 is 0 Å². The molecule has 0 saturated carbocycles. The number of hydrogen-bond acceptors (Lipinski definition) is 4. The van der Waals surface area contributed by atoms with Gasteiger partial charge in [-0.1, -0.05) is 31.0 Å². The SMILES string of the molecule is O=C(c1cc(NCc2ccccc2F)ncn1)N1CCCCCC1. The van der Waals surface area contributed by atoms with Gasteiger partial charge in [-0.05, 0) is 18.9 Å². The Morgan fingerprint density at radius 2 is 1.88 bits per heavy atom. The molecule has 2 aromatic rings. The first-order valence-electron chi connectivity index (χ1n) is 8.32. The van der Waals surface area contributed by atoms with Gasteiger partial charge in [0.15, 0.2) is 0 Å². The van der Waals surface area contributed by atoms with Crippen LogP contribution in [-0.4, -0.2) is 33.9 Å². The molecule has 1 fully saturated rings. The molecule has 1 N–H and O–H groups in total. The fourth-order valence-electron chi connectivity index (χ4n) is 2.83. The van der Waals surface area contributed by atoms with Crippen molar-refractivity contribution < 1.29 is 9.18 Å². The van der Waals surface area contributed by atoms with Crippen LogP contribution in [0.1, 0.15) is 41.7 Å². The minimum Gasteiger partial charge on any atom is -0.366 e. The minimum atomic E-state index is -0.264. The molecule has 0 atom stereocenters. The Bertz CT molecular complexity index is 699. The summed E-state index contributed by atoms with van der Waals surface area (Å²) >= 11 is 0. The third kappa shape index (κ3) is 4.07. The van der Waals surface area contributed by atoms with Gasteiger partial charge in [-0.2, -0.15) is 0 Å². The molecule has 3 rings (SSSR count). The van der Waals surface area contributed by atoms with Gasteiger partial charge in [0.05, 0.1) is 0 Å². The second-order valence-corrected chi connectivity index (χ2v) is 5.94. The van der Waals surface area contributed by atoms with Crippen molar-refractivity contribution in [3.63, 3.8) is 0 Å². The minimum absolute atomic E-state index is 0.0618. The van der Waals surface area contributed by atoms with Gasteiger partial charge in [0.25, 0.3) is 5.91 Å². The molecule has 1 aromatic heterocycles. The molecular weight excluding hydrogens is 307 g/mol. The van der Waals surface area contributed by atoms with E-state index in [-0.39, 0.29) is 11.7 Å². The number of carbonyl (C=O) groups is 1. The van der Waals surface area contributed by atoms with Crippen LogP contribution >= 0.6 is 0 Å². The molecule has 1 aliphatic heterocycles. The lowest BCUT2D eigenvalue weighted by molar-refractivity contribution is 0.0755. The van der Waals surface area contributed by atoms with Gasteiger partial charge in [-0.3, -0.25) is 4.79 Å². The van der Waals surface area contributed by atoms with Crippen molar-refractivity contribution in [1.29, 1.82) is 0 Å². The Hall–Kier alpha value is -2.50. The second-order valence-electron chi connectivity index (χ2n) is 5.94. The van der Waals surface area contributed by atoms with E-state index in [1.807, 2.05) is 4.90 Å². The maximum atomic E-state index is 13.6. The molecule has 1 amide bonds. The van der Waals surface area contributed by atoms with E-state index in [1.165, 1.54) is 25.2 Å². The predicted octanol–water partition coefficient (Wildman–Crippen LogP) is 3.24. The molecule has 0 aliphatic carbocycles. The molecular formula is C18H21FN4O. The van der Waals surface area contributed by atoms with Crippen LogP contribution in [0, 0.1) is 5.82 Å². The zero-order valence-corrected chi connectivity index (χ0v) is 13.5. The van der Waals surface area contributed by atoms with Crippen molar-refractivity contribution in [2.45, 2.75) is 32.2 Å². The molecule has 0 radical (unpaired) electrons. The smallest absolute Gasteiger partial charge is 0.272 e. The monoisotopic (exact) mass is 328 g/mol. The van der Waals surface area contributed by atoms with Crippen LogP contribution in [0.4, 0.5) is 10.2 Å². The van der Waals surface area contributed by atoms with Crippen LogP contribution < -0.4 is 5.32 Å². The van der Waals surface area contributed by atoms with E-state index in [9.17, 15) is 9.18 Å². The zero-order valence-electron chi connectivity index (χ0n) is 13.5. The highest BCUT2D eigenvalue weighted by Crippen LogP contribution is 2.14. The van der Waals surface area contributed by atoms with Crippen LogP contribution in [0.15, 0.2) is 36.7 Å². The largest absolute Gasteiger partial charge is 0.366 e. The van der Waals surface area contributed by atoms with E-state index < -0.39 is 0 Å². The highest BCUT2D eigenvalue weighted by Gasteiger charge is 2.18. The molecule has 5 nitrogen and oxygen atoms in total. The Morgan fingerprint density at radius 3 is 2.62 bits per heavy atom. The summed E-state index contributed by atoms with van der Waals surface area (Å²) in [5.74, 6) is 0.194. The lowest BCUT2D eigenvalue weighted by Crippen LogP contribution is -2.32. The average molecular weight is 328 g/mol. The van der Waals surface area contributed by atoms with Crippen LogP contribution in [0.5, 0.6) is 0 Å². The molecule has 1 saturated heterocycles. The molecule has 2 heterocycles. The predicted molar refractivity (Wildman–Crippen MR) is 90.1 cm³/mol. The molecule has 0 spiro atoms. The highest BCUT2D eigenvalue weighted by molar-refractivity contribution is 5.92. The first kappa shape index (κ1) is 16.4. The number of halogens is 1. The Morgan fingerprint density at radius 1 is 1.12 bits per heavy atom. The molecule has 0 unspecified atom stereocenters. The van der Waals surface area contributed by atoms with Crippen molar-refractivity contribution in [2.75, 3.05) is 18.4 Å². The fraction of sp³-hybridized carbons (Fsp3) is 0.389. The van der Waals surface area contributed by atoms with Gasteiger partial charge in [-0.25, -0.2) is 14.4 Å². The van der Waals surface area contributed by atoms with Gasteiger partial charge < -0.3 is 10.2 Å². The van der Waals surface area contributed by atoms with Crippen molar-refractivity contribution in [3.8, 4) is 0 Å². The first-order chi connectivity index (χ1) is 11.7. The van der Waals surface area contributed by atoms with E-state index in [1.54, 1.807) is 24.3 Å². The van der Waals surface area contributed by atoms with E-state index in [2.05, 4.69) is 15.3 Å². The number of carbonyl (C=O) groups excluding carboxylic acids is 1. The molecule has 24 heavy (non-hydrogen) atoms. The van der Waals surface area contributed by atoms with E-state index in [0.29, 0.717) is 23.6 Å². The first-order valence-corrected chi connectivity index (χ1v) is 8.32. The summed E-state index contributed by atoms with van der Waals surface area (Å²) in [5.41, 5.74) is 0.930. The lowest BCUT2D eigenvalue weighted by atomic mass is 10.2. The van der Waals surface area contributed by atoms with Crippen molar-refractivity contribution >= 4 is 11.7 Å². The van der Waals surface area contributed by atoms with Gasteiger partial charge >= 0.3 is 0 Å². The number of nitrogens with zero attached hydrogens (tertiary/aromatic N) is 3. The summed E-state index contributed by atoms with van der Waals surface area (Å²) in [7, 11) is 0. The quantitative estimate of drug-likeness (QED) is 0.936. The third-order valence-corrected chi connectivity index (χ3v) is 4.20. The average Bonchev–Trinajstić information content (AvgIpc) is 2.90.